The monoisotopic (exact) mass is 1010 g/mol. The SMILES string of the molecule is C=CCOC(=O)/C=C/C[C@H](OC(=O)Nc1ccc(F)cc1F)c1ccc(OCCO[Si](CCC(F)(F)C(F)(F)C(F)(F)C(F)(F)C(F)(F)C(F)(F)C(F)(F)C(F)(F)F)(C(C)C)C(C)C)cc1. The number of benzene rings is 2. The second-order valence-electron chi connectivity index (χ2n) is 14.9. The second-order valence-corrected chi connectivity index (χ2v) is 19.9. The van der Waals surface area contributed by atoms with Gasteiger partial charge in [0.2, 0.25) is 0 Å². The first-order chi connectivity index (χ1) is 29.9. The van der Waals surface area contributed by atoms with Crippen LogP contribution in [0.1, 0.15) is 52.2 Å². The maximum absolute atomic E-state index is 15.0. The Labute approximate surface area is 364 Å². The highest BCUT2D eigenvalue weighted by Crippen LogP contribution is 2.64. The zero-order valence-corrected chi connectivity index (χ0v) is 35.6. The Morgan fingerprint density at radius 3 is 1.71 bits per heavy atom. The molecule has 1 amide bonds. The fraction of sp³-hybridized carbons (Fsp3) is 0.538. The lowest BCUT2D eigenvalue weighted by molar-refractivity contribution is -0.461. The van der Waals surface area contributed by atoms with E-state index in [1.807, 2.05) is 0 Å². The normalized spacial score (nSPS) is 14.4. The number of hydrogen-bond donors (Lipinski definition) is 1. The van der Waals surface area contributed by atoms with Crippen molar-refractivity contribution >= 4 is 26.1 Å². The molecule has 0 radical (unpaired) electrons. The number of carbonyl (C=O) groups excluding carboxylic acids is 2. The summed E-state index contributed by atoms with van der Waals surface area (Å²) in [5.74, 6) is -59.9. The average Bonchev–Trinajstić information content (AvgIpc) is 3.19. The van der Waals surface area contributed by atoms with E-state index in [1.54, 1.807) is 0 Å². The van der Waals surface area contributed by atoms with Gasteiger partial charge < -0.3 is 18.6 Å². The Morgan fingerprint density at radius 1 is 0.712 bits per heavy atom. The van der Waals surface area contributed by atoms with Crippen LogP contribution in [0.5, 0.6) is 5.75 Å². The number of anilines is 1. The van der Waals surface area contributed by atoms with E-state index < -0.39 is 128 Å². The molecule has 66 heavy (non-hydrogen) atoms. The number of alkyl halides is 17. The zero-order valence-electron chi connectivity index (χ0n) is 34.6. The highest BCUT2D eigenvalue weighted by Gasteiger charge is 2.95. The van der Waals surface area contributed by atoms with Crippen molar-refractivity contribution in [1.29, 1.82) is 0 Å². The smallest absolute Gasteiger partial charge is 0.460 e. The van der Waals surface area contributed by atoms with Gasteiger partial charge in [0.05, 0.1) is 12.3 Å². The fourth-order valence-corrected chi connectivity index (χ4v) is 10.6. The molecule has 0 bridgehead atoms. The summed E-state index contributed by atoms with van der Waals surface area (Å²) in [5, 5.41) is 2.08. The molecule has 0 unspecified atom stereocenters. The number of amides is 1. The molecular formula is C39H40F19NO6Si. The molecule has 374 valence electrons. The van der Waals surface area contributed by atoms with Gasteiger partial charge in [0.1, 0.15) is 36.7 Å². The van der Waals surface area contributed by atoms with Crippen molar-refractivity contribution in [3.8, 4) is 5.75 Å². The van der Waals surface area contributed by atoms with Crippen molar-refractivity contribution in [2.75, 3.05) is 25.1 Å². The fourth-order valence-electron chi connectivity index (χ4n) is 6.11. The Bertz CT molecular complexity index is 1980. The van der Waals surface area contributed by atoms with Crippen LogP contribution >= 0.6 is 0 Å². The van der Waals surface area contributed by atoms with Gasteiger partial charge in [-0.15, -0.1) is 0 Å². The first kappa shape index (κ1) is 57.4. The van der Waals surface area contributed by atoms with Gasteiger partial charge in [-0.25, -0.2) is 18.4 Å². The molecule has 0 aromatic heterocycles. The molecule has 0 saturated heterocycles. The molecule has 0 aliphatic rings. The van der Waals surface area contributed by atoms with Crippen molar-refractivity contribution in [3.63, 3.8) is 0 Å². The molecule has 1 N–H and O–H groups in total. The molecule has 2 aromatic rings. The van der Waals surface area contributed by atoms with E-state index in [4.69, 9.17) is 18.6 Å². The molecule has 0 saturated carbocycles. The van der Waals surface area contributed by atoms with Crippen molar-refractivity contribution < 1.29 is 112 Å². The summed E-state index contributed by atoms with van der Waals surface area (Å²) in [6.07, 6.45) is -9.53. The summed E-state index contributed by atoms with van der Waals surface area (Å²) in [7, 11) is -4.06. The summed E-state index contributed by atoms with van der Waals surface area (Å²) in [6.45, 7) is 7.30. The van der Waals surface area contributed by atoms with Gasteiger partial charge in [-0.2, -0.15) is 74.6 Å². The molecule has 0 aliphatic carbocycles. The van der Waals surface area contributed by atoms with Crippen LogP contribution in [0.25, 0.3) is 0 Å². The highest BCUT2D eigenvalue weighted by atomic mass is 28.4. The molecule has 7 nitrogen and oxygen atoms in total. The maximum atomic E-state index is 15.0. The molecule has 27 heteroatoms. The molecule has 0 fully saturated rings. The van der Waals surface area contributed by atoms with Gasteiger partial charge in [0.15, 0.2) is 8.32 Å². The van der Waals surface area contributed by atoms with Crippen LogP contribution in [0.15, 0.2) is 67.3 Å². The molecule has 0 spiro atoms. The quantitative estimate of drug-likeness (QED) is 0.0282. The standard InChI is InChI=1S/C39H40F19NO6Si/c1-6-17-63-30(60)9-7-8-29(65-31(61)59-28-15-12-25(40)21-27(28)41)24-10-13-26(14-11-24)62-18-19-64-66(22(2)3,23(4)5)20-16-32(42,43)33(44,45)34(46,47)35(48,49)36(50,51)37(52,53)38(54,55)39(56,57)58/h6-7,9-15,21-23,29H,1,8,16-20H2,2-5H3,(H,59,61)/b9-7+/t29-/m0/s1. The van der Waals surface area contributed by atoms with Crippen LogP contribution in [0.2, 0.25) is 17.1 Å². The number of halogens is 19. The van der Waals surface area contributed by atoms with E-state index >= 15 is 0 Å². The van der Waals surface area contributed by atoms with Crippen LogP contribution in [0.3, 0.4) is 0 Å². The number of carbonyl (C=O) groups is 2. The number of rotatable bonds is 24. The van der Waals surface area contributed by atoms with Crippen molar-refractivity contribution in [1.82, 2.24) is 0 Å². The molecule has 2 rings (SSSR count). The third-order valence-corrected chi connectivity index (χ3v) is 15.6. The number of hydrogen-bond acceptors (Lipinski definition) is 6. The van der Waals surface area contributed by atoms with Crippen LogP contribution < -0.4 is 10.1 Å². The molecule has 0 heterocycles. The lowest BCUT2D eigenvalue weighted by Gasteiger charge is -2.44. The van der Waals surface area contributed by atoms with Gasteiger partial charge in [0.25, 0.3) is 0 Å². The summed E-state index contributed by atoms with van der Waals surface area (Å²) < 4.78 is 284. The summed E-state index contributed by atoms with van der Waals surface area (Å²) in [4.78, 5) is 24.5. The van der Waals surface area contributed by atoms with E-state index in [-0.39, 0.29) is 24.3 Å². The van der Waals surface area contributed by atoms with Crippen LogP contribution in [0, 0.1) is 11.6 Å². The molecule has 2 aromatic carbocycles. The van der Waals surface area contributed by atoms with Gasteiger partial charge in [-0.05, 0) is 47.0 Å². The number of nitrogens with one attached hydrogen (secondary N) is 1. The van der Waals surface area contributed by atoms with Crippen LogP contribution in [-0.4, -0.2) is 87.8 Å². The third kappa shape index (κ3) is 11.9. The van der Waals surface area contributed by atoms with E-state index in [2.05, 4.69) is 11.9 Å². The topological polar surface area (TPSA) is 83.1 Å². The minimum Gasteiger partial charge on any atom is -0.491 e. The molecular weight excluding hydrogens is 967 g/mol. The molecule has 1 atom stereocenters. The Morgan fingerprint density at radius 2 is 1.23 bits per heavy atom. The highest BCUT2D eigenvalue weighted by molar-refractivity contribution is 6.76. The minimum absolute atomic E-state index is 0.0218. The first-order valence-corrected chi connectivity index (χ1v) is 21.1. The first-order valence-electron chi connectivity index (χ1n) is 18.9. The van der Waals surface area contributed by atoms with E-state index in [0.29, 0.717) is 6.07 Å². The predicted octanol–water partition coefficient (Wildman–Crippen LogP) is 13.5. The van der Waals surface area contributed by atoms with Crippen LogP contribution in [-0.2, 0) is 18.7 Å². The lowest BCUT2D eigenvalue weighted by Crippen LogP contribution is -2.74. The summed E-state index contributed by atoms with van der Waals surface area (Å²) in [6, 6.07) is 6.09. The lowest BCUT2D eigenvalue weighted by atomic mass is 9.88. The van der Waals surface area contributed by atoms with E-state index in [0.717, 1.165) is 18.2 Å². The maximum Gasteiger partial charge on any atom is 0.460 e. The van der Waals surface area contributed by atoms with Gasteiger partial charge in [-0.3, -0.25) is 5.32 Å². The second kappa shape index (κ2) is 21.1. The largest absolute Gasteiger partial charge is 0.491 e. The minimum atomic E-state index is -8.72. The van der Waals surface area contributed by atoms with Gasteiger partial charge >= 0.3 is 59.7 Å². The van der Waals surface area contributed by atoms with Gasteiger partial charge in [0, 0.05) is 25.0 Å². The molecule has 0 aliphatic heterocycles. The van der Waals surface area contributed by atoms with E-state index in [9.17, 15) is 93.0 Å². The Hall–Kier alpha value is -4.69. The summed E-state index contributed by atoms with van der Waals surface area (Å²) >= 11 is 0. The van der Waals surface area contributed by atoms with Crippen molar-refractivity contribution in [2.45, 2.75) is 111 Å². The van der Waals surface area contributed by atoms with Crippen molar-refractivity contribution in [2.24, 2.45) is 0 Å². The number of esters is 1. The zero-order chi connectivity index (χ0) is 51.1. The van der Waals surface area contributed by atoms with Gasteiger partial charge in [-0.1, -0.05) is 58.6 Å². The van der Waals surface area contributed by atoms with Crippen molar-refractivity contribution in [3.05, 3.63) is 84.5 Å². The Balaban J connectivity index is 2.28. The average molecular weight is 1010 g/mol. The predicted molar refractivity (Wildman–Crippen MR) is 198 cm³/mol. The third-order valence-electron chi connectivity index (χ3n) is 9.91. The summed E-state index contributed by atoms with van der Waals surface area (Å²) in [5.41, 5.74) is -2.09. The number of ether oxygens (including phenoxy) is 3. The van der Waals surface area contributed by atoms with E-state index in [1.165, 1.54) is 64.1 Å². The Kier molecular flexibility index (Phi) is 18.3. The van der Waals surface area contributed by atoms with Crippen LogP contribution in [0.4, 0.5) is 93.9 Å².